The molecule has 0 bridgehead atoms. The maximum atomic E-state index is 15.5. The molecular weight excluding hydrogens is 353 g/mol. The van der Waals surface area contributed by atoms with Crippen LogP contribution in [-0.4, -0.2) is 22.6 Å². The number of alkyl halides is 2. The highest BCUT2D eigenvalue weighted by Crippen LogP contribution is 2.43. The SMILES string of the molecule is FC1=C(c2ccccc2)N(c2ccncc2)C(C(F)F)N1c1ccccn1. The second kappa shape index (κ2) is 7.11. The summed E-state index contributed by atoms with van der Waals surface area (Å²) in [5.41, 5.74) is 0.983. The van der Waals surface area contributed by atoms with E-state index in [1.807, 2.05) is 0 Å². The molecule has 0 saturated carbocycles. The number of pyridine rings is 2. The van der Waals surface area contributed by atoms with Crippen molar-refractivity contribution in [2.75, 3.05) is 9.80 Å². The summed E-state index contributed by atoms with van der Waals surface area (Å²) < 4.78 is 43.9. The molecule has 0 N–H and O–H groups in total. The minimum Gasteiger partial charge on any atom is -0.310 e. The molecular formula is C20H15F3N4. The molecule has 3 heterocycles. The van der Waals surface area contributed by atoms with Crippen LogP contribution in [0.5, 0.6) is 0 Å². The summed E-state index contributed by atoms with van der Waals surface area (Å²) in [5.74, 6) is -0.660. The van der Waals surface area contributed by atoms with E-state index >= 15 is 4.39 Å². The molecule has 27 heavy (non-hydrogen) atoms. The molecule has 136 valence electrons. The zero-order chi connectivity index (χ0) is 18.8. The van der Waals surface area contributed by atoms with E-state index in [-0.39, 0.29) is 11.5 Å². The number of hydrogen-bond acceptors (Lipinski definition) is 4. The van der Waals surface area contributed by atoms with E-state index in [1.165, 1.54) is 29.6 Å². The minimum absolute atomic E-state index is 0.0674. The highest BCUT2D eigenvalue weighted by molar-refractivity contribution is 5.87. The van der Waals surface area contributed by atoms with Gasteiger partial charge < -0.3 is 4.90 Å². The first-order valence-corrected chi connectivity index (χ1v) is 8.31. The molecule has 0 saturated heterocycles. The maximum Gasteiger partial charge on any atom is 0.277 e. The van der Waals surface area contributed by atoms with Gasteiger partial charge in [0.15, 0.2) is 6.17 Å². The fraction of sp³-hybridized carbons (Fsp3) is 0.100. The van der Waals surface area contributed by atoms with E-state index < -0.39 is 18.5 Å². The van der Waals surface area contributed by atoms with Crippen LogP contribution in [0.2, 0.25) is 0 Å². The summed E-state index contributed by atoms with van der Waals surface area (Å²) in [7, 11) is 0. The molecule has 2 aromatic heterocycles. The van der Waals surface area contributed by atoms with Crippen molar-refractivity contribution in [1.82, 2.24) is 9.97 Å². The lowest BCUT2D eigenvalue weighted by atomic mass is 10.1. The van der Waals surface area contributed by atoms with Crippen LogP contribution in [0.1, 0.15) is 5.56 Å². The second-order valence-corrected chi connectivity index (χ2v) is 5.89. The molecule has 1 atom stereocenters. The van der Waals surface area contributed by atoms with Crippen molar-refractivity contribution < 1.29 is 13.2 Å². The zero-order valence-corrected chi connectivity index (χ0v) is 14.1. The highest BCUT2D eigenvalue weighted by Gasteiger charge is 2.46. The Labute approximate surface area is 154 Å². The van der Waals surface area contributed by atoms with Crippen LogP contribution in [-0.2, 0) is 0 Å². The Bertz CT molecular complexity index is 933. The van der Waals surface area contributed by atoms with Gasteiger partial charge in [-0.25, -0.2) is 13.8 Å². The predicted molar refractivity (Wildman–Crippen MR) is 97.7 cm³/mol. The van der Waals surface area contributed by atoms with Crippen molar-refractivity contribution in [2.24, 2.45) is 0 Å². The van der Waals surface area contributed by atoms with E-state index in [1.54, 1.807) is 54.6 Å². The molecule has 1 aliphatic heterocycles. The van der Waals surface area contributed by atoms with Crippen LogP contribution in [0.15, 0.2) is 85.2 Å². The molecule has 0 fully saturated rings. The first kappa shape index (κ1) is 17.1. The van der Waals surface area contributed by atoms with E-state index in [0.717, 1.165) is 4.90 Å². The van der Waals surface area contributed by atoms with Crippen LogP contribution >= 0.6 is 0 Å². The monoisotopic (exact) mass is 368 g/mol. The van der Waals surface area contributed by atoms with Crippen LogP contribution in [0.4, 0.5) is 24.7 Å². The zero-order valence-electron chi connectivity index (χ0n) is 14.1. The van der Waals surface area contributed by atoms with E-state index in [4.69, 9.17) is 0 Å². The van der Waals surface area contributed by atoms with Gasteiger partial charge in [-0.2, -0.15) is 4.39 Å². The molecule has 1 aliphatic rings. The van der Waals surface area contributed by atoms with E-state index in [0.29, 0.717) is 11.3 Å². The Kier molecular flexibility index (Phi) is 4.50. The molecule has 0 aliphatic carbocycles. The smallest absolute Gasteiger partial charge is 0.277 e. The molecule has 1 unspecified atom stereocenters. The normalized spacial score (nSPS) is 17.1. The van der Waals surface area contributed by atoms with Crippen LogP contribution in [0, 0.1) is 0 Å². The van der Waals surface area contributed by atoms with Gasteiger partial charge in [-0.15, -0.1) is 0 Å². The Hall–Kier alpha value is -3.35. The minimum atomic E-state index is -2.85. The number of anilines is 2. The van der Waals surface area contributed by atoms with Crippen molar-refractivity contribution in [1.29, 1.82) is 0 Å². The van der Waals surface area contributed by atoms with Gasteiger partial charge >= 0.3 is 0 Å². The third-order valence-electron chi connectivity index (χ3n) is 4.29. The average molecular weight is 368 g/mol. The topological polar surface area (TPSA) is 32.3 Å². The third kappa shape index (κ3) is 3.01. The van der Waals surface area contributed by atoms with Gasteiger partial charge in [0.2, 0.25) is 5.95 Å². The van der Waals surface area contributed by atoms with Gasteiger partial charge in [0.05, 0.1) is 0 Å². The number of aromatic nitrogens is 2. The molecule has 1 aromatic carbocycles. The molecule has 0 radical (unpaired) electrons. The highest BCUT2D eigenvalue weighted by atomic mass is 19.3. The first-order valence-electron chi connectivity index (χ1n) is 8.31. The summed E-state index contributed by atoms with van der Waals surface area (Å²) in [5, 5.41) is 0. The summed E-state index contributed by atoms with van der Waals surface area (Å²) >= 11 is 0. The van der Waals surface area contributed by atoms with Crippen molar-refractivity contribution >= 4 is 17.2 Å². The molecule has 4 rings (SSSR count). The molecule has 4 nitrogen and oxygen atoms in total. The van der Waals surface area contributed by atoms with Crippen LogP contribution < -0.4 is 9.80 Å². The van der Waals surface area contributed by atoms with Gasteiger partial charge in [-0.3, -0.25) is 9.88 Å². The summed E-state index contributed by atoms with van der Waals surface area (Å²) in [6.45, 7) is 0. The second-order valence-electron chi connectivity index (χ2n) is 5.89. The average Bonchev–Trinajstić information content (AvgIpc) is 3.03. The van der Waals surface area contributed by atoms with Gasteiger partial charge in [0.25, 0.3) is 6.43 Å². The fourth-order valence-corrected chi connectivity index (χ4v) is 3.18. The van der Waals surface area contributed by atoms with Crippen molar-refractivity contribution in [2.45, 2.75) is 12.6 Å². The van der Waals surface area contributed by atoms with Crippen LogP contribution in [0.3, 0.4) is 0 Å². The van der Waals surface area contributed by atoms with Gasteiger partial charge in [-0.05, 0) is 24.3 Å². The number of nitrogens with zero attached hydrogens (tertiary/aromatic N) is 4. The summed E-state index contributed by atoms with van der Waals surface area (Å²) in [4.78, 5) is 10.2. The predicted octanol–water partition coefficient (Wildman–Crippen LogP) is 4.69. The summed E-state index contributed by atoms with van der Waals surface area (Å²) in [6, 6.07) is 16.6. The van der Waals surface area contributed by atoms with Gasteiger partial charge in [0, 0.05) is 29.8 Å². The molecule has 0 amide bonds. The Morgan fingerprint density at radius 2 is 1.52 bits per heavy atom. The van der Waals surface area contributed by atoms with Crippen molar-refractivity contribution in [3.05, 3.63) is 90.8 Å². The number of benzene rings is 1. The van der Waals surface area contributed by atoms with Gasteiger partial charge in [-0.1, -0.05) is 36.4 Å². The lowest BCUT2D eigenvalue weighted by Crippen LogP contribution is -2.46. The van der Waals surface area contributed by atoms with E-state index in [2.05, 4.69) is 9.97 Å². The largest absolute Gasteiger partial charge is 0.310 e. The summed E-state index contributed by atoms with van der Waals surface area (Å²) in [6.07, 6.45) is -0.00359. The standard InChI is InChI=1S/C20H15F3N4/c21-18(22)20-26(15-9-12-24-13-10-15)17(14-6-2-1-3-7-14)19(23)27(20)16-8-4-5-11-25-16/h1-13,18,20H. The lowest BCUT2D eigenvalue weighted by Gasteiger charge is -2.32. The first-order chi connectivity index (χ1) is 13.2. The molecule has 3 aromatic rings. The Balaban J connectivity index is 1.94. The van der Waals surface area contributed by atoms with E-state index in [9.17, 15) is 8.78 Å². The number of halogens is 3. The quantitative estimate of drug-likeness (QED) is 0.626. The van der Waals surface area contributed by atoms with Crippen LogP contribution in [0.25, 0.3) is 5.70 Å². The lowest BCUT2D eigenvalue weighted by molar-refractivity contribution is 0.118. The Morgan fingerprint density at radius 3 is 2.15 bits per heavy atom. The molecule has 0 spiro atoms. The van der Waals surface area contributed by atoms with Crippen molar-refractivity contribution in [3.8, 4) is 0 Å². The Morgan fingerprint density at radius 1 is 0.815 bits per heavy atom. The number of hydrogen-bond donors (Lipinski definition) is 0. The van der Waals surface area contributed by atoms with Gasteiger partial charge in [0.1, 0.15) is 11.5 Å². The van der Waals surface area contributed by atoms with Crippen molar-refractivity contribution in [3.63, 3.8) is 0 Å². The molecule has 7 heteroatoms. The fourth-order valence-electron chi connectivity index (χ4n) is 3.18. The number of rotatable bonds is 4. The third-order valence-corrected chi connectivity index (χ3v) is 4.29. The maximum absolute atomic E-state index is 15.5.